The second-order valence-electron chi connectivity index (χ2n) is 2.76. The number of carbonyl (C=O) groups is 1. The van der Waals surface area contributed by atoms with Crippen molar-refractivity contribution >= 4 is 5.97 Å². The van der Waals surface area contributed by atoms with Crippen LogP contribution in [0.4, 0.5) is 0 Å². The summed E-state index contributed by atoms with van der Waals surface area (Å²) in [6.45, 7) is 3.07. The first-order valence-electron chi connectivity index (χ1n) is 4.41. The van der Waals surface area contributed by atoms with E-state index in [4.69, 9.17) is 9.94 Å². The Hall–Kier alpha value is -1.39. The fourth-order valence-corrected chi connectivity index (χ4v) is 1.00. The van der Waals surface area contributed by atoms with E-state index in [1.165, 1.54) is 0 Å². The zero-order chi connectivity index (χ0) is 10.4. The van der Waals surface area contributed by atoms with Crippen LogP contribution in [0.5, 0.6) is 0 Å². The Balaban J connectivity index is 2.51. The van der Waals surface area contributed by atoms with Crippen molar-refractivity contribution < 1.29 is 14.7 Å². The van der Waals surface area contributed by atoms with Crippen LogP contribution in [0.25, 0.3) is 0 Å². The Morgan fingerprint density at radius 2 is 2.07 bits per heavy atom. The minimum absolute atomic E-state index is 0.296. The van der Waals surface area contributed by atoms with Gasteiger partial charge in [-0.05, 0) is 24.6 Å². The van der Waals surface area contributed by atoms with E-state index in [0.717, 1.165) is 5.56 Å². The second kappa shape index (κ2) is 5.36. The first kappa shape index (κ1) is 10.7. The van der Waals surface area contributed by atoms with E-state index >= 15 is 0 Å². The molecule has 0 aliphatic heterocycles. The van der Waals surface area contributed by atoms with Crippen molar-refractivity contribution in [2.75, 3.05) is 6.61 Å². The molecule has 14 heavy (non-hydrogen) atoms. The van der Waals surface area contributed by atoms with Crippen LogP contribution in [0.3, 0.4) is 0 Å². The quantitative estimate of drug-likeness (QED) is 0.551. The van der Waals surface area contributed by atoms with Crippen molar-refractivity contribution in [3.05, 3.63) is 35.4 Å². The van der Waals surface area contributed by atoms with E-state index in [-0.39, 0.29) is 0 Å². The lowest BCUT2D eigenvalue weighted by Crippen LogP contribution is -2.13. The van der Waals surface area contributed by atoms with Crippen LogP contribution >= 0.6 is 0 Å². The van der Waals surface area contributed by atoms with Crippen molar-refractivity contribution in [2.24, 2.45) is 0 Å². The Labute approximate surface area is 82.5 Å². The molecule has 0 unspecified atom stereocenters. The van der Waals surface area contributed by atoms with Gasteiger partial charge >= 0.3 is 5.97 Å². The molecule has 1 aromatic carbocycles. The van der Waals surface area contributed by atoms with Gasteiger partial charge in [-0.2, -0.15) is 5.48 Å². The maximum atomic E-state index is 10.5. The molecule has 4 heteroatoms. The number of benzene rings is 1. The Morgan fingerprint density at radius 3 is 2.57 bits per heavy atom. The van der Waals surface area contributed by atoms with E-state index in [1.54, 1.807) is 24.3 Å². The fourth-order valence-electron chi connectivity index (χ4n) is 1.00. The molecule has 1 aromatic rings. The highest BCUT2D eigenvalue weighted by Crippen LogP contribution is 2.03. The molecule has 76 valence electrons. The van der Waals surface area contributed by atoms with Crippen LogP contribution in [0, 0.1) is 0 Å². The Kier molecular flexibility index (Phi) is 4.10. The van der Waals surface area contributed by atoms with Gasteiger partial charge in [-0.1, -0.05) is 12.1 Å². The zero-order valence-electron chi connectivity index (χ0n) is 7.99. The summed E-state index contributed by atoms with van der Waals surface area (Å²) in [5.74, 6) is -0.908. The lowest BCUT2D eigenvalue weighted by molar-refractivity contribution is 0.0463. The molecule has 0 saturated heterocycles. The maximum absolute atomic E-state index is 10.5. The largest absolute Gasteiger partial charge is 0.478 e. The predicted octanol–water partition coefficient (Wildman–Crippen LogP) is 1.43. The molecule has 0 aromatic heterocycles. The van der Waals surface area contributed by atoms with Gasteiger partial charge in [0.1, 0.15) is 0 Å². The molecule has 1 rings (SSSR count). The molecule has 0 radical (unpaired) electrons. The summed E-state index contributed by atoms with van der Waals surface area (Å²) in [5.41, 5.74) is 4.04. The first-order chi connectivity index (χ1) is 6.74. The van der Waals surface area contributed by atoms with Gasteiger partial charge in [0, 0.05) is 6.54 Å². The summed E-state index contributed by atoms with van der Waals surface area (Å²) >= 11 is 0. The number of nitrogens with one attached hydrogen (secondary N) is 1. The third-order valence-corrected chi connectivity index (χ3v) is 1.72. The summed E-state index contributed by atoms with van der Waals surface area (Å²) in [6.07, 6.45) is 0. The van der Waals surface area contributed by atoms with E-state index in [2.05, 4.69) is 5.48 Å². The minimum Gasteiger partial charge on any atom is -0.478 e. The molecular weight excluding hydrogens is 182 g/mol. The second-order valence-corrected chi connectivity index (χ2v) is 2.76. The van der Waals surface area contributed by atoms with Gasteiger partial charge in [0.2, 0.25) is 0 Å². The Morgan fingerprint density at radius 1 is 1.43 bits per heavy atom. The van der Waals surface area contributed by atoms with Crippen LogP contribution in [-0.2, 0) is 11.4 Å². The molecule has 0 saturated carbocycles. The SMILES string of the molecule is CCONCc1ccc(C(=O)O)cc1. The number of aromatic carboxylic acids is 1. The molecule has 0 bridgehead atoms. The third-order valence-electron chi connectivity index (χ3n) is 1.72. The maximum Gasteiger partial charge on any atom is 0.335 e. The molecule has 0 amide bonds. The van der Waals surface area contributed by atoms with Gasteiger partial charge in [0.15, 0.2) is 0 Å². The molecule has 0 aliphatic carbocycles. The van der Waals surface area contributed by atoms with E-state index in [0.29, 0.717) is 18.7 Å². The number of carboxylic acids is 1. The van der Waals surface area contributed by atoms with Crippen LogP contribution in [0.1, 0.15) is 22.8 Å². The summed E-state index contributed by atoms with van der Waals surface area (Å²) in [7, 11) is 0. The van der Waals surface area contributed by atoms with E-state index in [9.17, 15) is 4.79 Å². The standard InChI is InChI=1S/C10H13NO3/c1-2-14-11-7-8-3-5-9(6-4-8)10(12)13/h3-6,11H,2,7H2,1H3,(H,12,13). The average molecular weight is 195 g/mol. The minimum atomic E-state index is -0.908. The fraction of sp³-hybridized carbons (Fsp3) is 0.300. The lowest BCUT2D eigenvalue weighted by Gasteiger charge is -2.03. The Bertz CT molecular complexity index is 295. The third kappa shape index (κ3) is 3.16. The molecule has 0 heterocycles. The molecular formula is C10H13NO3. The highest BCUT2D eigenvalue weighted by molar-refractivity contribution is 5.87. The van der Waals surface area contributed by atoms with Gasteiger partial charge in [0.25, 0.3) is 0 Å². The van der Waals surface area contributed by atoms with Gasteiger partial charge in [-0.25, -0.2) is 4.79 Å². The average Bonchev–Trinajstić information content (AvgIpc) is 2.19. The normalized spacial score (nSPS) is 10.1. The summed E-state index contributed by atoms with van der Waals surface area (Å²) in [4.78, 5) is 15.5. The smallest absolute Gasteiger partial charge is 0.335 e. The van der Waals surface area contributed by atoms with Crippen LogP contribution in [-0.4, -0.2) is 17.7 Å². The molecule has 0 atom stereocenters. The van der Waals surface area contributed by atoms with Crippen LogP contribution < -0.4 is 5.48 Å². The van der Waals surface area contributed by atoms with Crippen LogP contribution in [0.15, 0.2) is 24.3 Å². The van der Waals surface area contributed by atoms with Gasteiger partial charge in [-0.3, -0.25) is 0 Å². The van der Waals surface area contributed by atoms with Crippen molar-refractivity contribution in [1.29, 1.82) is 0 Å². The van der Waals surface area contributed by atoms with E-state index < -0.39 is 5.97 Å². The monoisotopic (exact) mass is 195 g/mol. The number of rotatable bonds is 5. The van der Waals surface area contributed by atoms with Crippen molar-refractivity contribution in [1.82, 2.24) is 5.48 Å². The zero-order valence-corrected chi connectivity index (χ0v) is 7.99. The number of hydroxylamine groups is 1. The molecule has 0 aliphatic rings. The summed E-state index contributed by atoms with van der Waals surface area (Å²) in [6, 6.07) is 6.67. The van der Waals surface area contributed by atoms with Gasteiger partial charge < -0.3 is 9.94 Å². The number of carboxylic acid groups (broad SMARTS) is 1. The summed E-state index contributed by atoms with van der Waals surface area (Å²) in [5, 5.41) is 8.65. The molecule has 4 nitrogen and oxygen atoms in total. The van der Waals surface area contributed by atoms with Crippen molar-refractivity contribution in [3.8, 4) is 0 Å². The summed E-state index contributed by atoms with van der Waals surface area (Å²) < 4.78 is 0. The molecule has 0 fully saturated rings. The van der Waals surface area contributed by atoms with Crippen molar-refractivity contribution in [3.63, 3.8) is 0 Å². The highest BCUT2D eigenvalue weighted by Gasteiger charge is 2.00. The molecule has 2 N–H and O–H groups in total. The van der Waals surface area contributed by atoms with Crippen molar-refractivity contribution in [2.45, 2.75) is 13.5 Å². The van der Waals surface area contributed by atoms with Gasteiger partial charge in [0.05, 0.1) is 12.2 Å². The topological polar surface area (TPSA) is 58.6 Å². The van der Waals surface area contributed by atoms with Gasteiger partial charge in [-0.15, -0.1) is 0 Å². The molecule has 0 spiro atoms. The predicted molar refractivity (Wildman–Crippen MR) is 51.9 cm³/mol. The number of hydrogen-bond donors (Lipinski definition) is 2. The number of hydrogen-bond acceptors (Lipinski definition) is 3. The highest BCUT2D eigenvalue weighted by atomic mass is 16.6. The first-order valence-corrected chi connectivity index (χ1v) is 4.41. The van der Waals surface area contributed by atoms with E-state index in [1.807, 2.05) is 6.92 Å². The lowest BCUT2D eigenvalue weighted by atomic mass is 10.1. The van der Waals surface area contributed by atoms with Crippen LogP contribution in [0.2, 0.25) is 0 Å².